The van der Waals surface area contributed by atoms with E-state index in [1.54, 1.807) is 18.5 Å². The SMILES string of the molecule is CN1CCC(NC(=O)c2cccc(-c3cc4c(NCc5cccnc5N(C)S(C)(=O)=O)c(N)cnc4[nH]3)c2)CC1. The number of pyridine rings is 2. The molecule has 0 atom stereocenters. The predicted molar refractivity (Wildman–Crippen MR) is 159 cm³/mol. The summed E-state index contributed by atoms with van der Waals surface area (Å²) in [5.41, 5.74) is 11.0. The van der Waals surface area contributed by atoms with E-state index in [0.29, 0.717) is 40.5 Å². The van der Waals surface area contributed by atoms with Gasteiger partial charge < -0.3 is 26.3 Å². The molecule has 5 N–H and O–H groups in total. The Labute approximate surface area is 233 Å². The normalized spacial score (nSPS) is 14.8. The van der Waals surface area contributed by atoms with Crippen molar-refractivity contribution in [3.05, 3.63) is 66.0 Å². The van der Waals surface area contributed by atoms with Crippen LogP contribution in [0.25, 0.3) is 22.3 Å². The van der Waals surface area contributed by atoms with E-state index >= 15 is 0 Å². The largest absolute Gasteiger partial charge is 0.396 e. The van der Waals surface area contributed by atoms with E-state index in [4.69, 9.17) is 5.73 Å². The molecular formula is C28H34N8O3S. The molecule has 4 aromatic rings. The van der Waals surface area contributed by atoms with E-state index < -0.39 is 10.0 Å². The number of likely N-dealkylation sites (tertiary alicyclic amines) is 1. The summed E-state index contributed by atoms with van der Waals surface area (Å²) in [6.45, 7) is 2.24. The molecule has 11 nitrogen and oxygen atoms in total. The Morgan fingerprint density at radius 3 is 2.70 bits per heavy atom. The van der Waals surface area contributed by atoms with Gasteiger partial charge in [-0.05, 0) is 62.8 Å². The monoisotopic (exact) mass is 562 g/mol. The number of amides is 1. The molecule has 3 aromatic heterocycles. The fourth-order valence-electron chi connectivity index (χ4n) is 4.89. The molecule has 1 fully saturated rings. The van der Waals surface area contributed by atoms with Gasteiger partial charge in [-0.1, -0.05) is 18.2 Å². The van der Waals surface area contributed by atoms with E-state index in [0.717, 1.165) is 53.1 Å². The molecule has 1 aliphatic rings. The third kappa shape index (κ3) is 5.87. The lowest BCUT2D eigenvalue weighted by Crippen LogP contribution is -2.43. The van der Waals surface area contributed by atoms with Gasteiger partial charge in [0.25, 0.3) is 5.91 Å². The van der Waals surface area contributed by atoms with Crippen molar-refractivity contribution in [3.8, 4) is 11.3 Å². The van der Waals surface area contributed by atoms with Crippen molar-refractivity contribution in [2.24, 2.45) is 0 Å². The van der Waals surface area contributed by atoms with Gasteiger partial charge in [-0.15, -0.1) is 0 Å². The first-order valence-electron chi connectivity index (χ1n) is 13.1. The van der Waals surface area contributed by atoms with E-state index in [9.17, 15) is 13.2 Å². The molecule has 1 aliphatic heterocycles. The molecule has 5 rings (SSSR count). The van der Waals surface area contributed by atoms with Crippen molar-refractivity contribution < 1.29 is 13.2 Å². The number of nitrogens with one attached hydrogen (secondary N) is 3. The number of rotatable bonds is 8. The fraction of sp³-hybridized carbons (Fsp3) is 0.321. The minimum Gasteiger partial charge on any atom is -0.396 e. The van der Waals surface area contributed by atoms with Gasteiger partial charge in [0.2, 0.25) is 10.0 Å². The summed E-state index contributed by atoms with van der Waals surface area (Å²) in [7, 11) is 0.0902. The van der Waals surface area contributed by atoms with Gasteiger partial charge >= 0.3 is 0 Å². The number of aromatic nitrogens is 3. The number of nitrogens with zero attached hydrogens (tertiary/aromatic N) is 4. The lowest BCUT2D eigenvalue weighted by molar-refractivity contribution is 0.0917. The smallest absolute Gasteiger partial charge is 0.251 e. The Hall–Kier alpha value is -4.16. The standard InChI is InChI=1S/C28H34N8O3S/c1-35-12-9-21(10-13-35)33-28(37)19-7-4-6-18(14-19)24-15-22-25(23(29)17-32-26(22)34-24)31-16-20-8-5-11-30-27(20)36(2)40(3,38)39/h4-8,11,14-15,17,21H,9-10,12-13,16,29H2,1-3H3,(H,33,37)(H2,31,32,34). The first kappa shape index (κ1) is 27.4. The number of aromatic amines is 1. The minimum atomic E-state index is -3.48. The lowest BCUT2D eigenvalue weighted by Gasteiger charge is -2.29. The molecule has 210 valence electrons. The van der Waals surface area contributed by atoms with E-state index in [1.807, 2.05) is 36.4 Å². The van der Waals surface area contributed by atoms with Crippen molar-refractivity contribution in [2.75, 3.05) is 48.8 Å². The van der Waals surface area contributed by atoms with Crippen LogP contribution < -0.4 is 20.7 Å². The average Bonchev–Trinajstić information content (AvgIpc) is 3.38. The number of piperidine rings is 1. The number of hydrogen-bond donors (Lipinski definition) is 4. The average molecular weight is 563 g/mol. The van der Waals surface area contributed by atoms with Crippen LogP contribution in [0, 0.1) is 0 Å². The zero-order valence-corrected chi connectivity index (χ0v) is 23.6. The number of nitrogens with two attached hydrogens (primary N) is 1. The molecule has 4 heterocycles. The van der Waals surface area contributed by atoms with Crippen molar-refractivity contribution in [1.82, 2.24) is 25.2 Å². The lowest BCUT2D eigenvalue weighted by atomic mass is 10.0. The highest BCUT2D eigenvalue weighted by atomic mass is 32.2. The minimum absolute atomic E-state index is 0.0800. The number of benzene rings is 1. The fourth-order valence-corrected chi connectivity index (χ4v) is 5.36. The molecule has 0 unspecified atom stereocenters. The van der Waals surface area contributed by atoms with Crippen molar-refractivity contribution in [1.29, 1.82) is 0 Å². The zero-order valence-electron chi connectivity index (χ0n) is 22.8. The van der Waals surface area contributed by atoms with Crippen LogP contribution in [0.5, 0.6) is 0 Å². The molecule has 0 spiro atoms. The summed E-state index contributed by atoms with van der Waals surface area (Å²) in [5.74, 6) is 0.259. The number of fused-ring (bicyclic) bond motifs is 1. The van der Waals surface area contributed by atoms with Crippen LogP contribution in [0.1, 0.15) is 28.8 Å². The van der Waals surface area contributed by atoms with E-state index in [-0.39, 0.29) is 11.9 Å². The van der Waals surface area contributed by atoms with Crippen LogP contribution in [0.15, 0.2) is 54.9 Å². The molecule has 12 heteroatoms. The summed E-state index contributed by atoms with van der Waals surface area (Å²) < 4.78 is 25.4. The first-order valence-corrected chi connectivity index (χ1v) is 14.9. The molecule has 0 radical (unpaired) electrons. The molecule has 0 aliphatic carbocycles. The maximum atomic E-state index is 13.0. The summed E-state index contributed by atoms with van der Waals surface area (Å²) in [4.78, 5) is 27.3. The van der Waals surface area contributed by atoms with Gasteiger partial charge in [-0.2, -0.15) is 0 Å². The number of nitrogen functional groups attached to an aromatic ring is 1. The second-order valence-electron chi connectivity index (χ2n) is 10.2. The summed E-state index contributed by atoms with van der Waals surface area (Å²) in [5, 5.41) is 7.29. The highest BCUT2D eigenvalue weighted by molar-refractivity contribution is 7.92. The third-order valence-corrected chi connectivity index (χ3v) is 8.46. The van der Waals surface area contributed by atoms with Gasteiger partial charge in [0.05, 0.1) is 23.8 Å². The van der Waals surface area contributed by atoms with Crippen LogP contribution in [0.4, 0.5) is 17.2 Å². The number of carbonyl (C=O) groups is 1. The van der Waals surface area contributed by atoms with Gasteiger partial charge in [-0.25, -0.2) is 18.4 Å². The highest BCUT2D eigenvalue weighted by Gasteiger charge is 2.20. The molecule has 40 heavy (non-hydrogen) atoms. The molecular weight excluding hydrogens is 528 g/mol. The van der Waals surface area contributed by atoms with Crippen LogP contribution >= 0.6 is 0 Å². The molecule has 1 amide bonds. The Kier molecular flexibility index (Phi) is 7.63. The predicted octanol–water partition coefficient (Wildman–Crippen LogP) is 3.04. The van der Waals surface area contributed by atoms with Crippen molar-refractivity contribution in [3.63, 3.8) is 0 Å². The van der Waals surface area contributed by atoms with Crippen LogP contribution in [-0.4, -0.2) is 73.7 Å². The first-order chi connectivity index (χ1) is 19.1. The Bertz CT molecular complexity index is 1640. The van der Waals surface area contributed by atoms with Gasteiger partial charge in [-0.3, -0.25) is 9.10 Å². The summed E-state index contributed by atoms with van der Waals surface area (Å²) >= 11 is 0. The topological polar surface area (TPSA) is 149 Å². The maximum Gasteiger partial charge on any atom is 0.251 e. The Morgan fingerprint density at radius 1 is 1.18 bits per heavy atom. The number of H-pyrrole nitrogens is 1. The molecule has 1 aromatic carbocycles. The summed E-state index contributed by atoms with van der Waals surface area (Å²) in [6, 6.07) is 13.2. The number of carbonyl (C=O) groups excluding carboxylic acids is 1. The van der Waals surface area contributed by atoms with Crippen molar-refractivity contribution >= 4 is 44.2 Å². The zero-order chi connectivity index (χ0) is 28.4. The van der Waals surface area contributed by atoms with Crippen LogP contribution in [0.3, 0.4) is 0 Å². The highest BCUT2D eigenvalue weighted by Crippen LogP contribution is 2.33. The molecule has 0 bridgehead atoms. The molecule has 1 saturated heterocycles. The van der Waals surface area contributed by atoms with E-state index in [2.05, 4.69) is 37.5 Å². The maximum absolute atomic E-state index is 13.0. The number of hydrogen-bond acceptors (Lipinski definition) is 8. The quantitative estimate of drug-likeness (QED) is 0.256. The number of anilines is 3. The van der Waals surface area contributed by atoms with Crippen molar-refractivity contribution in [2.45, 2.75) is 25.4 Å². The number of sulfonamides is 1. The summed E-state index contributed by atoms with van der Waals surface area (Å²) in [6.07, 6.45) is 6.15. The van der Waals surface area contributed by atoms with Gasteiger partial charge in [0.15, 0.2) is 0 Å². The van der Waals surface area contributed by atoms with Crippen LogP contribution in [-0.2, 0) is 16.6 Å². The van der Waals surface area contributed by atoms with Gasteiger partial charge in [0.1, 0.15) is 11.5 Å². The van der Waals surface area contributed by atoms with Gasteiger partial charge in [0, 0.05) is 48.0 Å². The Balaban J connectivity index is 1.39. The Morgan fingerprint density at radius 2 is 1.95 bits per heavy atom. The van der Waals surface area contributed by atoms with E-state index in [1.165, 1.54) is 7.05 Å². The molecule has 0 saturated carbocycles. The second-order valence-corrected chi connectivity index (χ2v) is 12.2. The third-order valence-electron chi connectivity index (χ3n) is 7.30. The second kappa shape index (κ2) is 11.1. The van der Waals surface area contributed by atoms with Crippen LogP contribution in [0.2, 0.25) is 0 Å².